The van der Waals surface area contributed by atoms with E-state index in [1.54, 1.807) is 0 Å². The predicted molar refractivity (Wildman–Crippen MR) is 60.7 cm³/mol. The predicted octanol–water partition coefficient (Wildman–Crippen LogP) is 1.38. The molecule has 0 bridgehead atoms. The third kappa shape index (κ3) is 4.46. The van der Waals surface area contributed by atoms with Crippen LogP contribution in [0.25, 0.3) is 6.08 Å². The molecule has 4 nitrogen and oxygen atoms in total. The molecule has 1 N–H and O–H groups in total. The molecule has 90 valence electrons. The van der Waals surface area contributed by atoms with Crippen molar-refractivity contribution < 1.29 is 19.1 Å². The molecule has 1 aromatic rings. The normalized spacial score (nSPS) is 10.5. The number of carboxylic acids is 1. The summed E-state index contributed by atoms with van der Waals surface area (Å²) >= 11 is 0. The summed E-state index contributed by atoms with van der Waals surface area (Å²) in [7, 11) is 1.39. The molecule has 0 atom stereocenters. The minimum atomic E-state index is -1.07. The number of benzene rings is 1. The first-order valence-electron chi connectivity index (χ1n) is 4.89. The molecular formula is C12H12FNO3. The molecule has 1 rings (SSSR count). The van der Waals surface area contributed by atoms with E-state index >= 15 is 0 Å². The number of likely N-dealkylation sites (N-methyl/N-ethyl adjacent to an activating group) is 1. The van der Waals surface area contributed by atoms with Gasteiger partial charge in [0.1, 0.15) is 12.4 Å². The van der Waals surface area contributed by atoms with Gasteiger partial charge in [-0.25, -0.2) is 4.39 Å². The number of hydrogen-bond donors (Lipinski definition) is 1. The SMILES string of the molecule is CN(CC(=O)O)C(=O)/C=C/c1ccc(F)cc1. The molecule has 0 unspecified atom stereocenters. The summed E-state index contributed by atoms with van der Waals surface area (Å²) < 4.78 is 12.6. The Morgan fingerprint density at radius 3 is 2.47 bits per heavy atom. The van der Waals surface area contributed by atoms with Crippen LogP contribution < -0.4 is 0 Å². The van der Waals surface area contributed by atoms with Crippen LogP contribution in [0, 0.1) is 5.82 Å². The average molecular weight is 237 g/mol. The summed E-state index contributed by atoms with van der Waals surface area (Å²) in [6.45, 7) is -0.355. The van der Waals surface area contributed by atoms with Gasteiger partial charge in [-0.15, -0.1) is 0 Å². The standard InChI is InChI=1S/C12H12FNO3/c1-14(8-12(16)17)11(15)7-4-9-2-5-10(13)6-3-9/h2-7H,8H2,1H3,(H,16,17)/b7-4+. The first-order valence-corrected chi connectivity index (χ1v) is 4.89. The van der Waals surface area contributed by atoms with E-state index in [1.807, 2.05) is 0 Å². The number of carbonyl (C=O) groups excluding carboxylic acids is 1. The Morgan fingerprint density at radius 1 is 1.35 bits per heavy atom. The maximum atomic E-state index is 12.6. The molecule has 0 saturated carbocycles. The van der Waals surface area contributed by atoms with Gasteiger partial charge in [-0.3, -0.25) is 9.59 Å². The highest BCUT2D eigenvalue weighted by Gasteiger charge is 2.08. The minimum absolute atomic E-state index is 0.350. The van der Waals surface area contributed by atoms with Crippen molar-refractivity contribution in [1.29, 1.82) is 0 Å². The molecule has 0 fully saturated rings. The number of aliphatic carboxylic acids is 1. The number of hydrogen-bond acceptors (Lipinski definition) is 2. The van der Waals surface area contributed by atoms with Gasteiger partial charge in [0.15, 0.2) is 0 Å². The molecule has 0 aliphatic carbocycles. The number of amides is 1. The fourth-order valence-electron chi connectivity index (χ4n) is 1.15. The summed E-state index contributed by atoms with van der Waals surface area (Å²) in [5.41, 5.74) is 0.670. The van der Waals surface area contributed by atoms with Crippen molar-refractivity contribution in [1.82, 2.24) is 4.90 Å². The Bertz CT molecular complexity index is 440. The monoisotopic (exact) mass is 237 g/mol. The van der Waals surface area contributed by atoms with Crippen LogP contribution in [0.3, 0.4) is 0 Å². The molecule has 1 amide bonds. The first-order chi connectivity index (χ1) is 7.99. The van der Waals surface area contributed by atoms with Gasteiger partial charge < -0.3 is 10.0 Å². The molecule has 0 radical (unpaired) electrons. The molecule has 0 saturated heterocycles. The van der Waals surface area contributed by atoms with Gasteiger partial charge in [-0.1, -0.05) is 12.1 Å². The molecule has 0 spiro atoms. The van der Waals surface area contributed by atoms with E-state index in [1.165, 1.54) is 43.5 Å². The molecule has 17 heavy (non-hydrogen) atoms. The lowest BCUT2D eigenvalue weighted by Gasteiger charge is -2.11. The lowest BCUT2D eigenvalue weighted by atomic mass is 10.2. The molecule has 0 heterocycles. The number of nitrogens with zero attached hydrogens (tertiary/aromatic N) is 1. The summed E-state index contributed by atoms with van der Waals surface area (Å²) in [5.74, 6) is -1.84. The van der Waals surface area contributed by atoms with Gasteiger partial charge in [-0.05, 0) is 23.8 Å². The lowest BCUT2D eigenvalue weighted by Crippen LogP contribution is -2.30. The van der Waals surface area contributed by atoms with Gasteiger partial charge in [0.2, 0.25) is 5.91 Å². The lowest BCUT2D eigenvalue weighted by molar-refractivity contribution is -0.141. The second-order valence-electron chi connectivity index (χ2n) is 3.47. The van der Waals surface area contributed by atoms with E-state index in [4.69, 9.17) is 5.11 Å². The Balaban J connectivity index is 2.61. The van der Waals surface area contributed by atoms with Gasteiger partial charge in [0.05, 0.1) is 0 Å². The average Bonchev–Trinajstić information content (AvgIpc) is 2.27. The maximum Gasteiger partial charge on any atom is 0.323 e. The van der Waals surface area contributed by atoms with Crippen LogP contribution in [0.1, 0.15) is 5.56 Å². The van der Waals surface area contributed by atoms with E-state index in [0.717, 1.165) is 4.90 Å². The summed E-state index contributed by atoms with van der Waals surface area (Å²) in [6, 6.07) is 5.61. The Morgan fingerprint density at radius 2 is 1.94 bits per heavy atom. The van der Waals surface area contributed by atoms with Crippen LogP contribution in [0.15, 0.2) is 30.3 Å². The van der Waals surface area contributed by atoms with E-state index in [9.17, 15) is 14.0 Å². The number of carboxylic acid groups (broad SMARTS) is 1. The number of carbonyl (C=O) groups is 2. The summed E-state index contributed by atoms with van der Waals surface area (Å²) in [4.78, 5) is 22.9. The minimum Gasteiger partial charge on any atom is -0.480 e. The van der Waals surface area contributed by atoms with Crippen molar-refractivity contribution in [3.63, 3.8) is 0 Å². The van der Waals surface area contributed by atoms with Crippen LogP contribution >= 0.6 is 0 Å². The topological polar surface area (TPSA) is 57.6 Å². The number of rotatable bonds is 4. The van der Waals surface area contributed by atoms with Crippen molar-refractivity contribution in [2.24, 2.45) is 0 Å². The second kappa shape index (κ2) is 5.79. The van der Waals surface area contributed by atoms with Gasteiger partial charge >= 0.3 is 5.97 Å². The highest BCUT2D eigenvalue weighted by molar-refractivity contribution is 5.93. The van der Waals surface area contributed by atoms with Crippen molar-refractivity contribution >= 4 is 18.0 Å². The zero-order chi connectivity index (χ0) is 12.8. The molecule has 0 aliphatic rings. The van der Waals surface area contributed by atoms with Crippen LogP contribution in [-0.4, -0.2) is 35.5 Å². The van der Waals surface area contributed by atoms with Gasteiger partial charge in [-0.2, -0.15) is 0 Å². The van der Waals surface area contributed by atoms with Crippen molar-refractivity contribution in [3.8, 4) is 0 Å². The smallest absolute Gasteiger partial charge is 0.323 e. The summed E-state index contributed by atoms with van der Waals surface area (Å²) in [6.07, 6.45) is 2.75. The zero-order valence-electron chi connectivity index (χ0n) is 9.26. The molecule has 0 aliphatic heterocycles. The van der Waals surface area contributed by atoms with Crippen LogP contribution in [-0.2, 0) is 9.59 Å². The van der Waals surface area contributed by atoms with Crippen molar-refractivity contribution in [2.45, 2.75) is 0 Å². The number of halogens is 1. The second-order valence-corrected chi connectivity index (χ2v) is 3.47. The van der Waals surface area contributed by atoms with Gasteiger partial charge in [0, 0.05) is 13.1 Å². The quantitative estimate of drug-likeness (QED) is 0.805. The van der Waals surface area contributed by atoms with E-state index < -0.39 is 11.9 Å². The Hall–Kier alpha value is -2.17. The highest BCUT2D eigenvalue weighted by atomic mass is 19.1. The van der Waals surface area contributed by atoms with Crippen LogP contribution in [0.5, 0.6) is 0 Å². The molecule has 5 heteroatoms. The Labute approximate surface area is 98.0 Å². The molecule has 0 aromatic heterocycles. The fraction of sp³-hybridized carbons (Fsp3) is 0.167. The van der Waals surface area contributed by atoms with Crippen molar-refractivity contribution in [2.75, 3.05) is 13.6 Å². The molecule has 1 aromatic carbocycles. The first kappa shape index (κ1) is 12.9. The van der Waals surface area contributed by atoms with Crippen LogP contribution in [0.4, 0.5) is 4.39 Å². The third-order valence-corrected chi connectivity index (χ3v) is 2.04. The van der Waals surface area contributed by atoms with E-state index in [0.29, 0.717) is 5.56 Å². The fourth-order valence-corrected chi connectivity index (χ4v) is 1.15. The summed E-state index contributed by atoms with van der Waals surface area (Å²) in [5, 5.41) is 8.49. The van der Waals surface area contributed by atoms with E-state index in [-0.39, 0.29) is 12.4 Å². The Kier molecular flexibility index (Phi) is 4.39. The highest BCUT2D eigenvalue weighted by Crippen LogP contribution is 2.04. The van der Waals surface area contributed by atoms with Crippen molar-refractivity contribution in [3.05, 3.63) is 41.7 Å². The largest absolute Gasteiger partial charge is 0.480 e. The third-order valence-electron chi connectivity index (χ3n) is 2.04. The zero-order valence-corrected chi connectivity index (χ0v) is 9.26. The van der Waals surface area contributed by atoms with Crippen LogP contribution in [0.2, 0.25) is 0 Å². The molecular weight excluding hydrogens is 225 g/mol. The maximum absolute atomic E-state index is 12.6. The van der Waals surface area contributed by atoms with Gasteiger partial charge in [0.25, 0.3) is 0 Å². The van der Waals surface area contributed by atoms with E-state index in [2.05, 4.69) is 0 Å².